The van der Waals surface area contributed by atoms with Gasteiger partial charge in [-0.05, 0) is 60.6 Å². The van der Waals surface area contributed by atoms with Crippen LogP contribution in [0.5, 0.6) is 0 Å². The fraction of sp³-hybridized carbons (Fsp3) is 0.647. The number of hydrogen-bond acceptors (Lipinski definition) is 2. The molecule has 0 bridgehead atoms. The Labute approximate surface area is 134 Å². The third-order valence-corrected chi connectivity index (χ3v) is 5.76. The van der Waals surface area contributed by atoms with Crippen molar-refractivity contribution >= 4 is 15.9 Å². The van der Waals surface area contributed by atoms with E-state index in [1.165, 1.54) is 24.8 Å². The first-order valence-electron chi connectivity index (χ1n) is 7.75. The molecule has 0 radical (unpaired) electrons. The zero-order valence-electron chi connectivity index (χ0n) is 12.5. The molecule has 2 saturated carbocycles. The molecular weight excluding hydrogens is 333 g/mol. The van der Waals surface area contributed by atoms with Gasteiger partial charge in [-0.1, -0.05) is 22.0 Å². The smallest absolute Gasteiger partial charge is 0.124 e. The standard InChI is InChI=1S/C17H23BrFNO/c1-21-5-4-20-11-17(9-13-6-14(13)10-17)8-12-2-3-15(19)7-16(12)18/h2-3,7,13-14,20H,4-6,8-11H2,1H3. The van der Waals surface area contributed by atoms with E-state index in [4.69, 9.17) is 4.74 Å². The summed E-state index contributed by atoms with van der Waals surface area (Å²) in [5.74, 6) is 1.70. The van der Waals surface area contributed by atoms with Crippen LogP contribution in [0, 0.1) is 23.1 Å². The molecule has 21 heavy (non-hydrogen) atoms. The van der Waals surface area contributed by atoms with E-state index in [9.17, 15) is 4.39 Å². The summed E-state index contributed by atoms with van der Waals surface area (Å²) in [4.78, 5) is 0. The highest BCUT2D eigenvalue weighted by molar-refractivity contribution is 9.10. The van der Waals surface area contributed by atoms with Crippen molar-refractivity contribution in [3.8, 4) is 0 Å². The molecule has 2 atom stereocenters. The van der Waals surface area contributed by atoms with Crippen molar-refractivity contribution < 1.29 is 9.13 Å². The summed E-state index contributed by atoms with van der Waals surface area (Å²) in [7, 11) is 1.73. The highest BCUT2D eigenvalue weighted by atomic mass is 79.9. The second-order valence-electron chi connectivity index (χ2n) is 6.75. The predicted octanol–water partition coefficient (Wildman–Crippen LogP) is 3.78. The van der Waals surface area contributed by atoms with Crippen LogP contribution >= 0.6 is 15.9 Å². The minimum absolute atomic E-state index is 0.174. The molecule has 3 rings (SSSR count). The Morgan fingerprint density at radius 2 is 2.14 bits per heavy atom. The van der Waals surface area contributed by atoms with Crippen LogP contribution in [0.2, 0.25) is 0 Å². The van der Waals surface area contributed by atoms with Crippen molar-refractivity contribution in [1.29, 1.82) is 0 Å². The molecule has 0 spiro atoms. The molecule has 1 aromatic rings. The molecule has 0 heterocycles. The lowest BCUT2D eigenvalue weighted by Crippen LogP contribution is -2.36. The molecule has 2 unspecified atom stereocenters. The molecule has 0 amide bonds. The quantitative estimate of drug-likeness (QED) is 0.751. The van der Waals surface area contributed by atoms with Crippen LogP contribution in [0.3, 0.4) is 0 Å². The summed E-state index contributed by atoms with van der Waals surface area (Å²) in [5.41, 5.74) is 1.56. The zero-order valence-corrected chi connectivity index (χ0v) is 14.1. The van der Waals surface area contributed by atoms with Crippen LogP contribution in [-0.2, 0) is 11.2 Å². The van der Waals surface area contributed by atoms with Crippen molar-refractivity contribution in [3.05, 3.63) is 34.1 Å². The number of nitrogens with one attached hydrogen (secondary N) is 1. The van der Waals surface area contributed by atoms with Gasteiger partial charge >= 0.3 is 0 Å². The number of ether oxygens (including phenoxy) is 1. The van der Waals surface area contributed by atoms with Gasteiger partial charge in [0.05, 0.1) is 6.61 Å². The fourth-order valence-electron chi connectivity index (χ4n) is 3.95. The summed E-state index contributed by atoms with van der Waals surface area (Å²) in [6.45, 7) is 2.69. The Balaban J connectivity index is 1.67. The van der Waals surface area contributed by atoms with E-state index >= 15 is 0 Å². The summed E-state index contributed by atoms with van der Waals surface area (Å²) in [6, 6.07) is 5.08. The van der Waals surface area contributed by atoms with E-state index < -0.39 is 0 Å². The van der Waals surface area contributed by atoms with Crippen molar-refractivity contribution in [2.24, 2.45) is 17.3 Å². The summed E-state index contributed by atoms with van der Waals surface area (Å²) in [6.07, 6.45) is 5.06. The Morgan fingerprint density at radius 1 is 1.38 bits per heavy atom. The highest BCUT2D eigenvalue weighted by Gasteiger charge is 2.53. The lowest BCUT2D eigenvalue weighted by molar-refractivity contribution is 0.186. The molecule has 1 aromatic carbocycles. The monoisotopic (exact) mass is 355 g/mol. The summed E-state index contributed by atoms with van der Waals surface area (Å²) < 4.78 is 19.3. The van der Waals surface area contributed by atoms with E-state index in [-0.39, 0.29) is 5.82 Å². The van der Waals surface area contributed by atoms with E-state index in [1.807, 2.05) is 6.07 Å². The molecule has 0 aromatic heterocycles. The van der Waals surface area contributed by atoms with Crippen LogP contribution in [0.1, 0.15) is 24.8 Å². The van der Waals surface area contributed by atoms with Crippen molar-refractivity contribution in [1.82, 2.24) is 5.32 Å². The second kappa shape index (κ2) is 6.35. The normalized spacial score (nSPS) is 30.4. The van der Waals surface area contributed by atoms with Gasteiger partial charge in [-0.25, -0.2) is 4.39 Å². The molecular formula is C17H23BrFNO. The minimum atomic E-state index is -0.174. The molecule has 2 nitrogen and oxygen atoms in total. The largest absolute Gasteiger partial charge is 0.383 e. The maximum absolute atomic E-state index is 13.3. The van der Waals surface area contributed by atoms with Gasteiger partial charge in [0.2, 0.25) is 0 Å². The Morgan fingerprint density at radius 3 is 2.81 bits per heavy atom. The van der Waals surface area contributed by atoms with Crippen molar-refractivity contribution in [3.63, 3.8) is 0 Å². The molecule has 0 aliphatic heterocycles. The predicted molar refractivity (Wildman–Crippen MR) is 85.8 cm³/mol. The number of fused-ring (bicyclic) bond motifs is 1. The first kappa shape index (κ1) is 15.4. The SMILES string of the molecule is COCCNCC1(Cc2ccc(F)cc2Br)CC2CC2C1. The molecule has 2 fully saturated rings. The third-order valence-electron chi connectivity index (χ3n) is 5.02. The Kier molecular flexibility index (Phi) is 4.67. The summed E-state index contributed by atoms with van der Waals surface area (Å²) in [5, 5.41) is 3.55. The zero-order chi connectivity index (χ0) is 14.9. The van der Waals surface area contributed by atoms with Gasteiger partial charge in [-0.2, -0.15) is 0 Å². The number of benzene rings is 1. The van der Waals surface area contributed by atoms with Gasteiger partial charge < -0.3 is 10.1 Å². The third kappa shape index (κ3) is 3.66. The second-order valence-corrected chi connectivity index (χ2v) is 7.60. The molecule has 4 heteroatoms. The number of methoxy groups -OCH3 is 1. The molecule has 2 aliphatic rings. The first-order chi connectivity index (χ1) is 10.1. The van der Waals surface area contributed by atoms with E-state index in [2.05, 4.69) is 21.2 Å². The highest BCUT2D eigenvalue weighted by Crippen LogP contribution is 2.60. The number of hydrogen-bond donors (Lipinski definition) is 1. The average Bonchev–Trinajstić information content (AvgIpc) is 3.07. The van der Waals surface area contributed by atoms with E-state index in [1.54, 1.807) is 19.2 Å². The average molecular weight is 356 g/mol. The molecule has 1 N–H and O–H groups in total. The number of rotatable bonds is 7. The maximum atomic E-state index is 13.3. The fourth-order valence-corrected chi connectivity index (χ4v) is 4.45. The van der Waals surface area contributed by atoms with Crippen LogP contribution in [-0.4, -0.2) is 26.8 Å². The lowest BCUT2D eigenvalue weighted by Gasteiger charge is -2.32. The molecule has 0 saturated heterocycles. The van der Waals surface area contributed by atoms with Gasteiger partial charge in [-0.15, -0.1) is 0 Å². The van der Waals surface area contributed by atoms with Crippen molar-refractivity contribution in [2.45, 2.75) is 25.7 Å². The minimum Gasteiger partial charge on any atom is -0.383 e. The Bertz CT molecular complexity index is 498. The van der Waals surface area contributed by atoms with Gasteiger partial charge in [0.25, 0.3) is 0 Å². The van der Waals surface area contributed by atoms with Gasteiger partial charge in [-0.3, -0.25) is 0 Å². The van der Waals surface area contributed by atoms with Crippen LogP contribution in [0.15, 0.2) is 22.7 Å². The number of halogens is 2. The Hall–Kier alpha value is -0.450. The van der Waals surface area contributed by atoms with Crippen LogP contribution in [0.4, 0.5) is 4.39 Å². The topological polar surface area (TPSA) is 21.3 Å². The van der Waals surface area contributed by atoms with Crippen molar-refractivity contribution in [2.75, 3.05) is 26.8 Å². The molecule has 2 aliphatic carbocycles. The van der Waals surface area contributed by atoms with Crippen LogP contribution in [0.25, 0.3) is 0 Å². The maximum Gasteiger partial charge on any atom is 0.124 e. The summed E-state index contributed by atoms with van der Waals surface area (Å²) >= 11 is 3.52. The van der Waals surface area contributed by atoms with Crippen LogP contribution < -0.4 is 5.32 Å². The van der Waals surface area contributed by atoms with Gasteiger partial charge in [0.1, 0.15) is 5.82 Å². The molecule has 116 valence electrons. The van der Waals surface area contributed by atoms with E-state index in [0.29, 0.717) is 5.41 Å². The lowest BCUT2D eigenvalue weighted by atomic mass is 9.77. The van der Waals surface area contributed by atoms with Gasteiger partial charge in [0.15, 0.2) is 0 Å². The van der Waals surface area contributed by atoms with Gasteiger partial charge in [0, 0.05) is 24.7 Å². The first-order valence-corrected chi connectivity index (χ1v) is 8.55. The van der Waals surface area contributed by atoms with E-state index in [0.717, 1.165) is 42.4 Å².